The minimum absolute atomic E-state index is 0.134. The zero-order valence-corrected chi connectivity index (χ0v) is 16.4. The number of nitriles is 1. The Bertz CT molecular complexity index is 658. The van der Waals surface area contributed by atoms with E-state index in [1.807, 2.05) is 24.0 Å². The molecule has 1 atom stereocenters. The Morgan fingerprint density at radius 3 is 2.81 bits per heavy atom. The first-order chi connectivity index (χ1) is 13.1. The van der Waals surface area contributed by atoms with Gasteiger partial charge in [-0.1, -0.05) is 23.8 Å². The van der Waals surface area contributed by atoms with E-state index in [1.165, 1.54) is 5.57 Å². The lowest BCUT2D eigenvalue weighted by molar-refractivity contribution is -0.160. The summed E-state index contributed by atoms with van der Waals surface area (Å²) in [7, 11) is 0. The Balaban J connectivity index is 1.45. The van der Waals surface area contributed by atoms with Crippen LogP contribution in [0.25, 0.3) is 0 Å². The van der Waals surface area contributed by atoms with E-state index < -0.39 is 5.60 Å². The van der Waals surface area contributed by atoms with Crippen LogP contribution in [0.4, 0.5) is 0 Å². The van der Waals surface area contributed by atoms with Gasteiger partial charge in [0.2, 0.25) is 0 Å². The van der Waals surface area contributed by atoms with Crippen LogP contribution in [0.5, 0.6) is 0 Å². The fourth-order valence-corrected chi connectivity index (χ4v) is 4.10. The van der Waals surface area contributed by atoms with E-state index in [0.717, 1.165) is 63.7 Å². The molecule has 0 saturated carbocycles. The van der Waals surface area contributed by atoms with E-state index >= 15 is 0 Å². The summed E-state index contributed by atoms with van der Waals surface area (Å²) in [5.74, 6) is 0.799. The van der Waals surface area contributed by atoms with E-state index in [0.29, 0.717) is 19.1 Å². The van der Waals surface area contributed by atoms with Crippen molar-refractivity contribution in [3.05, 3.63) is 35.5 Å². The molecule has 3 rings (SSSR count). The molecule has 0 aromatic carbocycles. The highest BCUT2D eigenvalue weighted by Crippen LogP contribution is 2.27. The lowest BCUT2D eigenvalue weighted by Crippen LogP contribution is -2.59. The van der Waals surface area contributed by atoms with Crippen LogP contribution in [0, 0.1) is 17.2 Å². The normalized spacial score (nSPS) is 30.3. The van der Waals surface area contributed by atoms with Gasteiger partial charge in [0.05, 0.1) is 12.7 Å². The molecule has 0 radical (unpaired) electrons. The van der Waals surface area contributed by atoms with Crippen LogP contribution in [0.1, 0.15) is 45.4 Å². The van der Waals surface area contributed by atoms with Gasteiger partial charge in [0, 0.05) is 31.8 Å². The molecule has 27 heavy (non-hydrogen) atoms. The number of allylic oxidation sites excluding steroid dienone is 6. The SMILES string of the molecule is CC1(C(=O)N2CCC(CCC3=C/CCC=C(C#N)/C=C\3)CC2)CNCCO1. The molecule has 1 aliphatic carbocycles. The zero-order chi connectivity index (χ0) is 19.1. The van der Waals surface area contributed by atoms with Gasteiger partial charge in [-0.05, 0) is 57.4 Å². The number of hydrogen-bond donors (Lipinski definition) is 1. The van der Waals surface area contributed by atoms with Gasteiger partial charge in [0.15, 0.2) is 5.60 Å². The van der Waals surface area contributed by atoms with Crippen molar-refractivity contribution in [2.24, 2.45) is 5.92 Å². The Labute approximate surface area is 162 Å². The molecule has 1 N–H and O–H groups in total. The molecule has 2 heterocycles. The van der Waals surface area contributed by atoms with Gasteiger partial charge in [-0.3, -0.25) is 4.79 Å². The third-order valence-corrected chi connectivity index (χ3v) is 5.90. The molecule has 1 amide bonds. The first kappa shape index (κ1) is 19.9. The quantitative estimate of drug-likeness (QED) is 0.827. The van der Waals surface area contributed by atoms with Crippen LogP contribution in [0.15, 0.2) is 35.5 Å². The Kier molecular flexibility index (Phi) is 6.87. The molecule has 5 heteroatoms. The number of nitrogens with zero attached hydrogens (tertiary/aromatic N) is 2. The van der Waals surface area contributed by atoms with E-state index in [2.05, 4.69) is 23.5 Å². The monoisotopic (exact) mass is 369 g/mol. The highest BCUT2D eigenvalue weighted by Gasteiger charge is 2.40. The lowest BCUT2D eigenvalue weighted by atomic mass is 9.89. The summed E-state index contributed by atoms with van der Waals surface area (Å²) in [6.45, 7) is 5.60. The highest BCUT2D eigenvalue weighted by molar-refractivity contribution is 5.85. The van der Waals surface area contributed by atoms with Crippen LogP contribution in [-0.2, 0) is 9.53 Å². The summed E-state index contributed by atoms with van der Waals surface area (Å²) in [6.07, 6.45) is 14.6. The Morgan fingerprint density at radius 2 is 2.11 bits per heavy atom. The van der Waals surface area contributed by atoms with Crippen molar-refractivity contribution in [1.82, 2.24) is 10.2 Å². The number of rotatable bonds is 4. The topological polar surface area (TPSA) is 65.4 Å². The zero-order valence-electron chi connectivity index (χ0n) is 16.4. The minimum atomic E-state index is -0.703. The fourth-order valence-electron chi connectivity index (χ4n) is 4.10. The van der Waals surface area contributed by atoms with E-state index in [1.54, 1.807) is 0 Å². The highest BCUT2D eigenvalue weighted by atomic mass is 16.5. The van der Waals surface area contributed by atoms with Crippen molar-refractivity contribution >= 4 is 5.91 Å². The van der Waals surface area contributed by atoms with Crippen LogP contribution < -0.4 is 5.32 Å². The summed E-state index contributed by atoms with van der Waals surface area (Å²) in [4.78, 5) is 14.8. The van der Waals surface area contributed by atoms with Crippen molar-refractivity contribution in [3.63, 3.8) is 0 Å². The lowest BCUT2D eigenvalue weighted by Gasteiger charge is -2.40. The van der Waals surface area contributed by atoms with Crippen molar-refractivity contribution in [2.45, 2.75) is 51.0 Å². The number of ether oxygens (including phenoxy) is 1. The summed E-state index contributed by atoms with van der Waals surface area (Å²) < 4.78 is 5.78. The van der Waals surface area contributed by atoms with Crippen LogP contribution in [-0.4, -0.2) is 49.2 Å². The second kappa shape index (κ2) is 9.34. The summed E-state index contributed by atoms with van der Waals surface area (Å²) in [6, 6.07) is 2.24. The Hall–Kier alpha value is -1.90. The molecule has 3 aliphatic rings. The summed E-state index contributed by atoms with van der Waals surface area (Å²) in [5, 5.41) is 12.3. The van der Waals surface area contributed by atoms with Crippen molar-refractivity contribution in [2.75, 3.05) is 32.8 Å². The third kappa shape index (κ3) is 5.31. The molecule has 5 nitrogen and oxygen atoms in total. The number of hydrogen-bond acceptors (Lipinski definition) is 4. The standard InChI is InChI=1S/C22H31N3O2/c1-22(17-24-12-15-27-22)21(26)25-13-10-19(11-14-25)7-6-18-4-2-3-5-20(16-23)9-8-18/h4-5,8-9,19,24H,2-3,6-7,10-15,17H2,1H3/b9-8-,18-4-,20-5?. The molecule has 1 unspecified atom stereocenters. The molecule has 2 saturated heterocycles. The van der Waals surface area contributed by atoms with Gasteiger partial charge in [0.25, 0.3) is 5.91 Å². The van der Waals surface area contributed by atoms with Crippen molar-refractivity contribution in [1.29, 1.82) is 5.26 Å². The van der Waals surface area contributed by atoms with Gasteiger partial charge in [0.1, 0.15) is 0 Å². The molecule has 0 bridgehead atoms. The number of piperidine rings is 1. The average molecular weight is 370 g/mol. The van der Waals surface area contributed by atoms with Gasteiger partial charge in [-0.2, -0.15) is 5.26 Å². The molecule has 0 spiro atoms. The number of carbonyl (C=O) groups is 1. The number of morpholine rings is 1. The van der Waals surface area contributed by atoms with Crippen molar-refractivity contribution < 1.29 is 9.53 Å². The van der Waals surface area contributed by atoms with Gasteiger partial charge in [-0.15, -0.1) is 0 Å². The maximum absolute atomic E-state index is 12.8. The maximum atomic E-state index is 12.8. The van der Waals surface area contributed by atoms with Gasteiger partial charge in [-0.25, -0.2) is 0 Å². The molecular weight excluding hydrogens is 338 g/mol. The van der Waals surface area contributed by atoms with E-state index in [4.69, 9.17) is 10.00 Å². The molecule has 146 valence electrons. The summed E-state index contributed by atoms with van der Waals surface area (Å²) >= 11 is 0. The maximum Gasteiger partial charge on any atom is 0.255 e. The number of likely N-dealkylation sites (tertiary alicyclic amines) is 1. The van der Waals surface area contributed by atoms with E-state index in [9.17, 15) is 4.79 Å². The molecule has 0 aromatic heterocycles. The first-order valence-corrected chi connectivity index (χ1v) is 10.2. The van der Waals surface area contributed by atoms with Crippen LogP contribution in [0.3, 0.4) is 0 Å². The first-order valence-electron chi connectivity index (χ1n) is 10.2. The largest absolute Gasteiger partial charge is 0.363 e. The second-order valence-corrected chi connectivity index (χ2v) is 7.99. The molecule has 2 fully saturated rings. The predicted molar refractivity (Wildman–Crippen MR) is 106 cm³/mol. The van der Waals surface area contributed by atoms with Gasteiger partial charge >= 0.3 is 0 Å². The number of nitrogens with one attached hydrogen (secondary N) is 1. The number of carbonyl (C=O) groups excluding carboxylic acids is 1. The van der Waals surface area contributed by atoms with E-state index in [-0.39, 0.29) is 5.91 Å². The average Bonchev–Trinajstić information content (AvgIpc) is 2.68. The second-order valence-electron chi connectivity index (χ2n) is 7.99. The molecule has 2 aliphatic heterocycles. The third-order valence-electron chi connectivity index (χ3n) is 5.90. The van der Waals surface area contributed by atoms with Crippen molar-refractivity contribution in [3.8, 4) is 6.07 Å². The minimum Gasteiger partial charge on any atom is -0.363 e. The fraction of sp³-hybridized carbons (Fsp3) is 0.636. The molecule has 0 aromatic rings. The Morgan fingerprint density at radius 1 is 1.33 bits per heavy atom. The predicted octanol–water partition coefficient (Wildman–Crippen LogP) is 3.11. The molecular formula is C22H31N3O2. The number of amides is 1. The van der Waals surface area contributed by atoms with Crippen LogP contribution >= 0.6 is 0 Å². The summed E-state index contributed by atoms with van der Waals surface area (Å²) in [5.41, 5.74) is 1.40. The van der Waals surface area contributed by atoms with Crippen LogP contribution in [0.2, 0.25) is 0 Å². The smallest absolute Gasteiger partial charge is 0.255 e. The van der Waals surface area contributed by atoms with Gasteiger partial charge < -0.3 is 15.0 Å².